The molecule has 7 heteroatoms. The minimum Gasteiger partial charge on any atom is -0.354 e. The van der Waals surface area contributed by atoms with Crippen LogP contribution in [0.15, 0.2) is 30.3 Å². The molecule has 0 heterocycles. The fraction of sp³-hybridized carbons (Fsp3) is 0.500. The third kappa shape index (κ3) is 5.02. The van der Waals surface area contributed by atoms with Crippen molar-refractivity contribution in [3.8, 4) is 0 Å². The molecule has 0 saturated heterocycles. The van der Waals surface area contributed by atoms with Crippen LogP contribution >= 0.6 is 0 Å². The number of rotatable bonds is 7. The van der Waals surface area contributed by atoms with Gasteiger partial charge in [-0.05, 0) is 18.1 Å². The summed E-state index contributed by atoms with van der Waals surface area (Å²) < 4.78 is 26.9. The molecule has 21 heavy (non-hydrogen) atoms. The molecule has 6 nitrogen and oxygen atoms in total. The Bertz CT molecular complexity index is 556. The second-order valence-electron chi connectivity index (χ2n) is 5.33. The van der Waals surface area contributed by atoms with Crippen LogP contribution < -0.4 is 9.62 Å². The maximum atomic E-state index is 12.4. The van der Waals surface area contributed by atoms with Gasteiger partial charge in [-0.1, -0.05) is 32.0 Å². The largest absolute Gasteiger partial charge is 0.354 e. The molecule has 1 amide bonds. The SMILES string of the molecule is CC(C)CNC(=O)CN(c1ccccc1)S(=O)(=O)N(C)C. The van der Waals surface area contributed by atoms with E-state index in [4.69, 9.17) is 0 Å². The molecule has 0 aliphatic rings. The Morgan fingerprint density at radius 1 is 1.19 bits per heavy atom. The third-order valence-corrected chi connectivity index (χ3v) is 4.60. The lowest BCUT2D eigenvalue weighted by Crippen LogP contribution is -2.46. The van der Waals surface area contributed by atoms with Crippen molar-refractivity contribution in [3.63, 3.8) is 0 Å². The molecule has 0 atom stereocenters. The smallest absolute Gasteiger partial charge is 0.304 e. The van der Waals surface area contributed by atoms with Gasteiger partial charge in [-0.3, -0.25) is 4.79 Å². The lowest BCUT2D eigenvalue weighted by atomic mass is 10.2. The summed E-state index contributed by atoms with van der Waals surface area (Å²) in [6, 6.07) is 8.59. The monoisotopic (exact) mass is 313 g/mol. The molecule has 1 aromatic rings. The predicted molar refractivity (Wildman–Crippen MR) is 84.2 cm³/mol. The second kappa shape index (κ2) is 7.42. The van der Waals surface area contributed by atoms with Crippen molar-refractivity contribution in [2.24, 2.45) is 5.92 Å². The summed E-state index contributed by atoms with van der Waals surface area (Å²) in [6.45, 7) is 4.23. The highest BCUT2D eigenvalue weighted by atomic mass is 32.2. The summed E-state index contributed by atoms with van der Waals surface area (Å²) in [5.41, 5.74) is 0.464. The first-order chi connectivity index (χ1) is 9.75. The molecule has 0 aromatic heterocycles. The summed E-state index contributed by atoms with van der Waals surface area (Å²) in [6.07, 6.45) is 0. The lowest BCUT2D eigenvalue weighted by molar-refractivity contribution is -0.119. The van der Waals surface area contributed by atoms with Crippen molar-refractivity contribution >= 4 is 21.8 Å². The number of nitrogens with zero attached hydrogens (tertiary/aromatic N) is 2. The summed E-state index contributed by atoms with van der Waals surface area (Å²) in [5.74, 6) is -0.0115. The van der Waals surface area contributed by atoms with Gasteiger partial charge in [-0.25, -0.2) is 4.31 Å². The van der Waals surface area contributed by atoms with E-state index in [0.29, 0.717) is 18.2 Å². The average molecular weight is 313 g/mol. The quantitative estimate of drug-likeness (QED) is 0.818. The summed E-state index contributed by atoms with van der Waals surface area (Å²) in [4.78, 5) is 12.0. The van der Waals surface area contributed by atoms with Crippen LogP contribution in [0.4, 0.5) is 5.69 Å². The number of anilines is 1. The van der Waals surface area contributed by atoms with E-state index in [0.717, 1.165) is 8.61 Å². The Labute approximate surface area is 126 Å². The minimum atomic E-state index is -3.72. The van der Waals surface area contributed by atoms with Gasteiger partial charge >= 0.3 is 10.2 Å². The summed E-state index contributed by atoms with van der Waals surface area (Å²) in [5, 5.41) is 2.73. The molecular formula is C14H23N3O3S. The maximum Gasteiger partial charge on any atom is 0.304 e. The number of hydrogen-bond acceptors (Lipinski definition) is 3. The summed E-state index contributed by atoms with van der Waals surface area (Å²) >= 11 is 0. The summed E-state index contributed by atoms with van der Waals surface area (Å²) in [7, 11) is -0.836. The molecule has 0 aliphatic carbocycles. The first-order valence-electron chi connectivity index (χ1n) is 6.77. The second-order valence-corrected chi connectivity index (χ2v) is 7.40. The molecule has 1 N–H and O–H groups in total. The lowest BCUT2D eigenvalue weighted by Gasteiger charge is -2.27. The topological polar surface area (TPSA) is 69.7 Å². The van der Waals surface area contributed by atoms with Gasteiger partial charge in [0.1, 0.15) is 6.54 Å². The number of nitrogens with one attached hydrogen (secondary N) is 1. The zero-order chi connectivity index (χ0) is 16.0. The van der Waals surface area contributed by atoms with Crippen LogP contribution in [0, 0.1) is 5.92 Å². The van der Waals surface area contributed by atoms with Crippen LogP contribution in [-0.4, -0.2) is 45.8 Å². The van der Waals surface area contributed by atoms with Gasteiger partial charge in [0.2, 0.25) is 5.91 Å². The van der Waals surface area contributed by atoms with Crippen LogP contribution in [0.3, 0.4) is 0 Å². The number of amides is 1. The van der Waals surface area contributed by atoms with Crippen molar-refractivity contribution in [1.29, 1.82) is 0 Å². The van der Waals surface area contributed by atoms with Gasteiger partial charge < -0.3 is 5.32 Å². The molecule has 0 bridgehead atoms. The molecule has 0 fully saturated rings. The first kappa shape index (κ1) is 17.5. The van der Waals surface area contributed by atoms with Crippen molar-refractivity contribution in [1.82, 2.24) is 9.62 Å². The zero-order valence-corrected chi connectivity index (χ0v) is 13.7. The van der Waals surface area contributed by atoms with Gasteiger partial charge in [-0.15, -0.1) is 0 Å². The highest BCUT2D eigenvalue weighted by molar-refractivity contribution is 7.90. The van der Waals surface area contributed by atoms with E-state index in [2.05, 4.69) is 5.32 Å². The van der Waals surface area contributed by atoms with Crippen LogP contribution in [0.25, 0.3) is 0 Å². The van der Waals surface area contributed by atoms with E-state index in [1.165, 1.54) is 14.1 Å². The Morgan fingerprint density at radius 2 is 1.76 bits per heavy atom. The first-order valence-corrected chi connectivity index (χ1v) is 8.16. The fourth-order valence-electron chi connectivity index (χ4n) is 1.60. The van der Waals surface area contributed by atoms with E-state index in [-0.39, 0.29) is 12.5 Å². The van der Waals surface area contributed by atoms with Crippen LogP contribution in [0.1, 0.15) is 13.8 Å². The number of hydrogen-bond donors (Lipinski definition) is 1. The molecule has 0 spiro atoms. The number of carbonyl (C=O) groups is 1. The van der Waals surface area contributed by atoms with Gasteiger partial charge in [0.05, 0.1) is 5.69 Å². The molecule has 0 radical (unpaired) electrons. The van der Waals surface area contributed by atoms with Crippen molar-refractivity contribution in [2.75, 3.05) is 31.5 Å². The molecule has 0 saturated carbocycles. The minimum absolute atomic E-state index is 0.239. The molecule has 0 aliphatic heterocycles. The zero-order valence-electron chi connectivity index (χ0n) is 12.9. The van der Waals surface area contributed by atoms with Gasteiger partial charge in [-0.2, -0.15) is 12.7 Å². The highest BCUT2D eigenvalue weighted by Crippen LogP contribution is 2.18. The van der Waals surface area contributed by atoms with Crippen LogP contribution in [0.5, 0.6) is 0 Å². The molecule has 118 valence electrons. The Morgan fingerprint density at radius 3 is 2.24 bits per heavy atom. The number of para-hydroxylation sites is 1. The third-order valence-electron chi connectivity index (χ3n) is 2.78. The Balaban J connectivity index is 2.97. The standard InChI is InChI=1S/C14H23N3O3S/c1-12(2)10-15-14(18)11-17(21(19,20)16(3)4)13-8-6-5-7-9-13/h5-9,12H,10-11H2,1-4H3,(H,15,18). The van der Waals surface area contributed by atoms with E-state index in [1.54, 1.807) is 30.3 Å². The highest BCUT2D eigenvalue weighted by Gasteiger charge is 2.26. The Kier molecular flexibility index (Phi) is 6.17. The van der Waals surface area contributed by atoms with Crippen LogP contribution in [0.2, 0.25) is 0 Å². The number of carbonyl (C=O) groups excluding carboxylic acids is 1. The van der Waals surface area contributed by atoms with E-state index in [9.17, 15) is 13.2 Å². The molecule has 0 unspecified atom stereocenters. The van der Waals surface area contributed by atoms with Gasteiger partial charge in [0.15, 0.2) is 0 Å². The molecule has 1 rings (SSSR count). The normalized spacial score (nSPS) is 11.7. The van der Waals surface area contributed by atoms with Crippen molar-refractivity contribution in [3.05, 3.63) is 30.3 Å². The Hall–Kier alpha value is -1.60. The van der Waals surface area contributed by atoms with Crippen LogP contribution in [-0.2, 0) is 15.0 Å². The van der Waals surface area contributed by atoms with Gasteiger partial charge in [0.25, 0.3) is 0 Å². The van der Waals surface area contributed by atoms with Crippen molar-refractivity contribution < 1.29 is 13.2 Å². The van der Waals surface area contributed by atoms with E-state index in [1.807, 2.05) is 13.8 Å². The average Bonchev–Trinajstić information content (AvgIpc) is 2.43. The maximum absolute atomic E-state index is 12.4. The predicted octanol–water partition coefficient (Wildman–Crippen LogP) is 1.07. The fourth-order valence-corrected chi connectivity index (χ4v) is 2.66. The van der Waals surface area contributed by atoms with E-state index < -0.39 is 10.2 Å². The molecular weight excluding hydrogens is 290 g/mol. The van der Waals surface area contributed by atoms with E-state index >= 15 is 0 Å². The number of benzene rings is 1. The van der Waals surface area contributed by atoms with Crippen molar-refractivity contribution in [2.45, 2.75) is 13.8 Å². The van der Waals surface area contributed by atoms with Gasteiger partial charge in [0, 0.05) is 20.6 Å². The molecule has 1 aromatic carbocycles.